The Kier molecular flexibility index (Phi) is 5.72. The van der Waals surface area contributed by atoms with Crippen LogP contribution >= 0.6 is 0 Å². The lowest BCUT2D eigenvalue weighted by atomic mass is 9.92. The van der Waals surface area contributed by atoms with Gasteiger partial charge in [0.2, 0.25) is 0 Å². The fraction of sp³-hybridized carbons (Fsp3) is 0.185. The van der Waals surface area contributed by atoms with Gasteiger partial charge in [-0.25, -0.2) is 0 Å². The normalized spacial score (nSPS) is 14.1. The number of anilines is 1. The standard InChI is InChI=1S/C27H26N2O2/c1-18-10-9-14-23(16-18)29-17-22-13-7-8-15-24(22)25(19(29)2)27(31)28-26(20(3)30)21-11-5-4-6-12-21/h4-16,26H,17H2,1-3H3,(H,28,31)/t26-/m1/s1. The number of carbonyl (C=O) groups is 2. The zero-order valence-corrected chi connectivity index (χ0v) is 18.1. The third kappa shape index (κ3) is 4.15. The van der Waals surface area contributed by atoms with Crippen molar-refractivity contribution in [2.45, 2.75) is 33.4 Å². The van der Waals surface area contributed by atoms with Gasteiger partial charge in [0.1, 0.15) is 6.04 Å². The molecule has 4 heteroatoms. The van der Waals surface area contributed by atoms with Gasteiger partial charge in [0.15, 0.2) is 5.78 Å². The molecular formula is C27H26N2O2. The van der Waals surface area contributed by atoms with Gasteiger partial charge in [0.05, 0.1) is 5.57 Å². The number of allylic oxidation sites excluding steroid dienone is 1. The number of fused-ring (bicyclic) bond motifs is 1. The van der Waals surface area contributed by atoms with Gasteiger partial charge in [-0.15, -0.1) is 0 Å². The maximum atomic E-state index is 13.6. The average molecular weight is 411 g/mol. The van der Waals surface area contributed by atoms with E-state index in [4.69, 9.17) is 0 Å². The zero-order valence-electron chi connectivity index (χ0n) is 18.1. The minimum Gasteiger partial charge on any atom is -0.340 e. The molecule has 1 N–H and O–H groups in total. The third-order valence-corrected chi connectivity index (χ3v) is 5.74. The number of nitrogens with one attached hydrogen (secondary N) is 1. The van der Waals surface area contributed by atoms with E-state index in [1.165, 1.54) is 6.92 Å². The molecule has 0 spiro atoms. The number of ketones is 1. The molecule has 0 aliphatic carbocycles. The molecule has 0 saturated heterocycles. The topological polar surface area (TPSA) is 49.4 Å². The van der Waals surface area contributed by atoms with Crippen molar-refractivity contribution in [3.05, 3.63) is 107 Å². The second kappa shape index (κ2) is 8.60. The molecule has 0 bridgehead atoms. The van der Waals surface area contributed by atoms with Crippen LogP contribution < -0.4 is 10.2 Å². The van der Waals surface area contributed by atoms with Crippen molar-refractivity contribution in [2.24, 2.45) is 0 Å². The van der Waals surface area contributed by atoms with Crippen molar-refractivity contribution in [3.8, 4) is 0 Å². The Morgan fingerprint density at radius 2 is 1.61 bits per heavy atom. The summed E-state index contributed by atoms with van der Waals surface area (Å²) in [5.74, 6) is -0.344. The average Bonchev–Trinajstić information content (AvgIpc) is 2.77. The van der Waals surface area contributed by atoms with Gasteiger partial charge >= 0.3 is 0 Å². The summed E-state index contributed by atoms with van der Waals surface area (Å²) in [6.45, 7) is 6.23. The van der Waals surface area contributed by atoms with Crippen LogP contribution in [0.1, 0.15) is 42.1 Å². The maximum Gasteiger partial charge on any atom is 0.254 e. The highest BCUT2D eigenvalue weighted by molar-refractivity contribution is 6.22. The highest BCUT2D eigenvalue weighted by Crippen LogP contribution is 2.35. The van der Waals surface area contributed by atoms with Crippen molar-refractivity contribution in [1.82, 2.24) is 5.32 Å². The predicted molar refractivity (Wildman–Crippen MR) is 124 cm³/mol. The van der Waals surface area contributed by atoms with Gasteiger partial charge in [-0.05, 0) is 55.2 Å². The van der Waals surface area contributed by atoms with Crippen LogP contribution in [0.5, 0.6) is 0 Å². The number of hydrogen-bond donors (Lipinski definition) is 1. The van der Waals surface area contributed by atoms with Crippen molar-refractivity contribution < 1.29 is 9.59 Å². The SMILES string of the molecule is CC(=O)[C@@H](NC(=O)C1=C(C)N(c2cccc(C)c2)Cc2ccccc21)c1ccccc1. The molecule has 1 heterocycles. The van der Waals surface area contributed by atoms with Gasteiger partial charge in [-0.1, -0.05) is 66.7 Å². The first-order chi connectivity index (χ1) is 15.0. The van der Waals surface area contributed by atoms with E-state index in [1.807, 2.05) is 61.5 Å². The van der Waals surface area contributed by atoms with Crippen LogP contribution in [0.3, 0.4) is 0 Å². The number of carbonyl (C=O) groups excluding carboxylic acids is 2. The van der Waals surface area contributed by atoms with E-state index in [2.05, 4.69) is 41.4 Å². The molecule has 31 heavy (non-hydrogen) atoms. The van der Waals surface area contributed by atoms with Crippen LogP contribution in [0.4, 0.5) is 5.69 Å². The summed E-state index contributed by atoms with van der Waals surface area (Å²) in [5.41, 5.74) is 6.46. The number of Topliss-reactive ketones (excluding diaryl/α,β-unsaturated/α-hetero) is 1. The summed E-state index contributed by atoms with van der Waals surface area (Å²) in [5, 5.41) is 2.98. The molecule has 0 unspecified atom stereocenters. The Hall–Kier alpha value is -3.66. The highest BCUT2D eigenvalue weighted by Gasteiger charge is 2.29. The molecule has 156 valence electrons. The molecule has 1 amide bonds. The first kappa shape index (κ1) is 20.6. The lowest BCUT2D eigenvalue weighted by molar-refractivity contribution is -0.124. The van der Waals surface area contributed by atoms with Crippen LogP contribution in [0.15, 0.2) is 84.6 Å². The number of aryl methyl sites for hydroxylation is 1. The van der Waals surface area contributed by atoms with Crippen LogP contribution in [0, 0.1) is 6.92 Å². The van der Waals surface area contributed by atoms with Gasteiger partial charge in [-0.2, -0.15) is 0 Å². The number of nitrogens with zero attached hydrogens (tertiary/aromatic N) is 1. The monoisotopic (exact) mass is 410 g/mol. The number of amides is 1. The van der Waals surface area contributed by atoms with Crippen LogP contribution in [0.25, 0.3) is 5.57 Å². The van der Waals surface area contributed by atoms with Gasteiger partial charge in [-0.3, -0.25) is 9.59 Å². The number of benzene rings is 3. The number of hydrogen-bond acceptors (Lipinski definition) is 3. The molecule has 1 aliphatic heterocycles. The minimum atomic E-state index is -0.685. The molecule has 4 rings (SSSR count). The zero-order chi connectivity index (χ0) is 22.0. The summed E-state index contributed by atoms with van der Waals surface area (Å²) in [4.78, 5) is 28.1. The first-order valence-corrected chi connectivity index (χ1v) is 10.5. The highest BCUT2D eigenvalue weighted by atomic mass is 16.2. The molecule has 1 aliphatic rings. The molecule has 1 atom stereocenters. The van der Waals surface area contributed by atoms with Gasteiger partial charge in [0, 0.05) is 17.9 Å². The summed E-state index contributed by atoms with van der Waals surface area (Å²) in [7, 11) is 0. The second-order valence-electron chi connectivity index (χ2n) is 7.97. The van der Waals surface area contributed by atoms with Gasteiger partial charge < -0.3 is 10.2 Å². The van der Waals surface area contributed by atoms with E-state index in [0.717, 1.165) is 33.6 Å². The largest absolute Gasteiger partial charge is 0.340 e. The van der Waals surface area contributed by atoms with Gasteiger partial charge in [0.25, 0.3) is 5.91 Å². The fourth-order valence-corrected chi connectivity index (χ4v) is 4.16. The lowest BCUT2D eigenvalue weighted by Crippen LogP contribution is -2.37. The van der Waals surface area contributed by atoms with Crippen molar-refractivity contribution >= 4 is 23.0 Å². The van der Waals surface area contributed by atoms with E-state index in [-0.39, 0.29) is 11.7 Å². The smallest absolute Gasteiger partial charge is 0.254 e. The minimum absolute atomic E-state index is 0.0996. The van der Waals surface area contributed by atoms with E-state index in [0.29, 0.717) is 12.1 Å². The predicted octanol–water partition coefficient (Wildman–Crippen LogP) is 5.19. The quantitative estimate of drug-likeness (QED) is 0.630. The third-order valence-electron chi connectivity index (χ3n) is 5.74. The maximum absolute atomic E-state index is 13.6. The molecule has 0 aromatic heterocycles. The Labute approximate surface area is 183 Å². The molecule has 3 aromatic carbocycles. The van der Waals surface area contributed by atoms with E-state index in [9.17, 15) is 9.59 Å². The van der Waals surface area contributed by atoms with E-state index in [1.54, 1.807) is 0 Å². The molecule has 0 saturated carbocycles. The molecule has 4 nitrogen and oxygen atoms in total. The van der Waals surface area contributed by atoms with Crippen LogP contribution in [-0.4, -0.2) is 11.7 Å². The van der Waals surface area contributed by atoms with E-state index >= 15 is 0 Å². The summed E-state index contributed by atoms with van der Waals surface area (Å²) in [6, 6.07) is 24.9. The lowest BCUT2D eigenvalue weighted by Gasteiger charge is -2.34. The fourth-order valence-electron chi connectivity index (χ4n) is 4.16. The van der Waals surface area contributed by atoms with Crippen molar-refractivity contribution in [2.75, 3.05) is 4.90 Å². The Bertz CT molecular complexity index is 1160. The molecule has 3 aromatic rings. The Morgan fingerprint density at radius 3 is 2.32 bits per heavy atom. The van der Waals surface area contributed by atoms with Crippen LogP contribution in [0.2, 0.25) is 0 Å². The Balaban J connectivity index is 1.76. The van der Waals surface area contributed by atoms with Crippen molar-refractivity contribution in [1.29, 1.82) is 0 Å². The molecule has 0 fully saturated rings. The second-order valence-corrected chi connectivity index (χ2v) is 7.97. The summed E-state index contributed by atoms with van der Waals surface area (Å²) < 4.78 is 0. The first-order valence-electron chi connectivity index (χ1n) is 10.5. The van der Waals surface area contributed by atoms with E-state index < -0.39 is 6.04 Å². The molecular weight excluding hydrogens is 384 g/mol. The summed E-state index contributed by atoms with van der Waals surface area (Å²) >= 11 is 0. The number of rotatable bonds is 5. The van der Waals surface area contributed by atoms with Crippen molar-refractivity contribution in [3.63, 3.8) is 0 Å². The summed E-state index contributed by atoms with van der Waals surface area (Å²) in [6.07, 6.45) is 0. The Morgan fingerprint density at radius 1 is 0.903 bits per heavy atom. The molecule has 0 radical (unpaired) electrons. The van der Waals surface area contributed by atoms with Crippen LogP contribution in [-0.2, 0) is 16.1 Å².